The van der Waals surface area contributed by atoms with Gasteiger partial charge in [-0.05, 0) is 55.8 Å². The fraction of sp³-hybridized carbons (Fsp3) is 0.440. The molecule has 32 heavy (non-hydrogen) atoms. The molecule has 0 atom stereocenters. The molecule has 0 bridgehead atoms. The molecule has 1 N–H and O–H groups in total. The molecule has 0 saturated carbocycles. The molecule has 1 saturated heterocycles. The van der Waals surface area contributed by atoms with Gasteiger partial charge in [-0.1, -0.05) is 25.0 Å². The van der Waals surface area contributed by atoms with Crippen LogP contribution in [0.1, 0.15) is 31.2 Å². The van der Waals surface area contributed by atoms with E-state index in [9.17, 15) is 4.79 Å². The number of amides is 1. The normalized spacial score (nSPS) is 14.9. The van der Waals surface area contributed by atoms with Gasteiger partial charge in [-0.25, -0.2) is 4.98 Å². The number of carbonyl (C=O) groups excluding carboxylic acids is 1. The number of nitrogens with zero attached hydrogens (tertiary/aromatic N) is 3. The molecule has 0 unspecified atom stereocenters. The minimum absolute atomic E-state index is 0.0570. The van der Waals surface area contributed by atoms with Gasteiger partial charge in [0, 0.05) is 36.6 Å². The maximum Gasteiger partial charge on any atom is 0.239 e. The summed E-state index contributed by atoms with van der Waals surface area (Å²) in [7, 11) is 1.68. The summed E-state index contributed by atoms with van der Waals surface area (Å²) in [4.78, 5) is 19.6. The molecule has 1 fully saturated rings. The van der Waals surface area contributed by atoms with E-state index in [0.29, 0.717) is 13.1 Å². The van der Waals surface area contributed by atoms with Crippen molar-refractivity contribution >= 4 is 28.6 Å². The van der Waals surface area contributed by atoms with Crippen LogP contribution in [-0.4, -0.2) is 53.6 Å². The summed E-state index contributed by atoms with van der Waals surface area (Å²) in [5.41, 5.74) is 2.26. The number of ether oxygens (including phenoxy) is 1. The van der Waals surface area contributed by atoms with Crippen LogP contribution in [0.2, 0.25) is 0 Å². The van der Waals surface area contributed by atoms with Crippen LogP contribution < -0.4 is 10.1 Å². The number of thioether (sulfide) groups is 1. The largest absolute Gasteiger partial charge is 0.497 e. The zero-order valence-corrected chi connectivity index (χ0v) is 19.6. The summed E-state index contributed by atoms with van der Waals surface area (Å²) in [5, 5.41) is 5.16. The third kappa shape index (κ3) is 6.04. The molecule has 3 heterocycles. The topological polar surface area (TPSA) is 59.4 Å². The lowest BCUT2D eigenvalue weighted by atomic mass is 10.2. The lowest BCUT2D eigenvalue weighted by Crippen LogP contribution is -2.36. The molecule has 170 valence electrons. The molecule has 1 aliphatic heterocycles. The van der Waals surface area contributed by atoms with Crippen LogP contribution >= 0.6 is 11.8 Å². The Morgan fingerprint density at radius 3 is 2.62 bits per heavy atom. The van der Waals surface area contributed by atoms with Gasteiger partial charge >= 0.3 is 0 Å². The Morgan fingerprint density at radius 1 is 1.09 bits per heavy atom. The standard InChI is InChI=1S/C25H32N4O2S/c1-31-21-8-6-20(7-9-21)19-32-25-22-11-16-29(23(22)10-12-27-25)18-24(30)26-13-17-28-14-4-2-3-5-15-28/h6-12,16H,2-5,13-15,17-19H2,1H3,(H,26,30). The number of likely N-dealkylation sites (tertiary alicyclic amines) is 1. The molecule has 3 aromatic rings. The number of nitrogens with one attached hydrogen (secondary N) is 1. The first-order valence-corrected chi connectivity index (χ1v) is 12.4. The van der Waals surface area contributed by atoms with Crippen molar-refractivity contribution in [1.29, 1.82) is 0 Å². The third-order valence-electron chi connectivity index (χ3n) is 5.96. The lowest BCUT2D eigenvalue weighted by Gasteiger charge is -2.19. The Balaban J connectivity index is 1.32. The minimum Gasteiger partial charge on any atom is -0.497 e. The Kier molecular flexibility index (Phi) is 8.07. The molecule has 7 heteroatoms. The predicted molar refractivity (Wildman–Crippen MR) is 130 cm³/mol. The predicted octanol–water partition coefficient (Wildman–Crippen LogP) is 4.33. The van der Waals surface area contributed by atoms with Crippen LogP contribution in [0.5, 0.6) is 5.75 Å². The highest BCUT2D eigenvalue weighted by Gasteiger charge is 2.12. The van der Waals surface area contributed by atoms with Crippen molar-refractivity contribution in [3.8, 4) is 5.75 Å². The first-order valence-electron chi connectivity index (χ1n) is 11.4. The van der Waals surface area contributed by atoms with E-state index in [2.05, 4.69) is 33.4 Å². The molecule has 4 rings (SSSR count). The highest BCUT2D eigenvalue weighted by atomic mass is 32.2. The van der Waals surface area contributed by atoms with Gasteiger partial charge in [-0.15, -0.1) is 11.8 Å². The molecular formula is C25H32N4O2S. The molecule has 1 amide bonds. The summed E-state index contributed by atoms with van der Waals surface area (Å²) in [6.07, 6.45) is 9.02. The van der Waals surface area contributed by atoms with Gasteiger partial charge in [0.2, 0.25) is 5.91 Å². The Morgan fingerprint density at radius 2 is 1.88 bits per heavy atom. The lowest BCUT2D eigenvalue weighted by molar-refractivity contribution is -0.121. The zero-order chi connectivity index (χ0) is 22.2. The molecule has 0 aliphatic carbocycles. The van der Waals surface area contributed by atoms with E-state index in [1.54, 1.807) is 18.9 Å². The molecule has 0 radical (unpaired) electrons. The van der Waals surface area contributed by atoms with Crippen molar-refractivity contribution in [3.63, 3.8) is 0 Å². The van der Waals surface area contributed by atoms with Crippen molar-refractivity contribution in [1.82, 2.24) is 19.8 Å². The maximum atomic E-state index is 12.5. The van der Waals surface area contributed by atoms with Gasteiger partial charge < -0.3 is 19.5 Å². The number of rotatable bonds is 9. The van der Waals surface area contributed by atoms with Crippen LogP contribution in [-0.2, 0) is 17.1 Å². The van der Waals surface area contributed by atoms with E-state index in [-0.39, 0.29) is 5.91 Å². The average molecular weight is 453 g/mol. The second kappa shape index (κ2) is 11.4. The molecule has 1 aromatic carbocycles. The van der Waals surface area contributed by atoms with Gasteiger partial charge in [0.25, 0.3) is 0 Å². The highest BCUT2D eigenvalue weighted by molar-refractivity contribution is 7.98. The number of hydrogen-bond acceptors (Lipinski definition) is 5. The van der Waals surface area contributed by atoms with E-state index in [1.807, 2.05) is 35.2 Å². The fourth-order valence-corrected chi connectivity index (χ4v) is 5.11. The fourth-order valence-electron chi connectivity index (χ4n) is 4.15. The van der Waals surface area contributed by atoms with E-state index in [4.69, 9.17) is 4.74 Å². The number of carbonyl (C=O) groups is 1. The summed E-state index contributed by atoms with van der Waals surface area (Å²) in [5.74, 6) is 1.75. The van der Waals surface area contributed by atoms with Crippen LogP contribution in [0.3, 0.4) is 0 Å². The summed E-state index contributed by atoms with van der Waals surface area (Å²) in [6.45, 7) is 4.29. The minimum atomic E-state index is 0.0570. The van der Waals surface area contributed by atoms with Gasteiger partial charge in [-0.2, -0.15) is 0 Å². The monoisotopic (exact) mass is 452 g/mol. The quantitative estimate of drug-likeness (QED) is 0.490. The Labute approximate surface area is 194 Å². The first kappa shape index (κ1) is 22.7. The number of aromatic nitrogens is 2. The molecule has 2 aromatic heterocycles. The van der Waals surface area contributed by atoms with Gasteiger partial charge in [0.05, 0.1) is 12.6 Å². The van der Waals surface area contributed by atoms with Crippen molar-refractivity contribution in [2.75, 3.05) is 33.3 Å². The van der Waals surface area contributed by atoms with Crippen molar-refractivity contribution < 1.29 is 9.53 Å². The average Bonchev–Trinajstić information content (AvgIpc) is 3.04. The van der Waals surface area contributed by atoms with Crippen LogP contribution in [0.15, 0.2) is 53.8 Å². The smallest absolute Gasteiger partial charge is 0.239 e. The van der Waals surface area contributed by atoms with Gasteiger partial charge in [0.15, 0.2) is 0 Å². The maximum absolute atomic E-state index is 12.5. The number of hydrogen-bond donors (Lipinski definition) is 1. The Hall–Kier alpha value is -2.51. The number of benzene rings is 1. The van der Waals surface area contributed by atoms with E-state index in [1.165, 1.54) is 31.2 Å². The van der Waals surface area contributed by atoms with E-state index >= 15 is 0 Å². The van der Waals surface area contributed by atoms with Gasteiger partial charge in [-0.3, -0.25) is 4.79 Å². The summed E-state index contributed by atoms with van der Waals surface area (Å²) >= 11 is 1.71. The third-order valence-corrected chi connectivity index (χ3v) is 7.04. The number of methoxy groups -OCH3 is 1. The van der Waals surface area contributed by atoms with Crippen molar-refractivity contribution in [2.45, 2.75) is 43.0 Å². The second-order valence-electron chi connectivity index (χ2n) is 8.24. The first-order chi connectivity index (χ1) is 15.7. The van der Waals surface area contributed by atoms with E-state index in [0.717, 1.165) is 47.1 Å². The number of pyridine rings is 1. The van der Waals surface area contributed by atoms with Crippen molar-refractivity contribution in [3.05, 3.63) is 54.4 Å². The molecule has 0 spiro atoms. The van der Waals surface area contributed by atoms with Crippen LogP contribution in [0.4, 0.5) is 0 Å². The summed E-state index contributed by atoms with van der Waals surface area (Å²) in [6, 6.07) is 12.2. The zero-order valence-electron chi connectivity index (χ0n) is 18.8. The van der Waals surface area contributed by atoms with Crippen LogP contribution in [0.25, 0.3) is 10.9 Å². The SMILES string of the molecule is COc1ccc(CSc2nccc3c2ccn3CC(=O)NCCN2CCCCCC2)cc1. The highest BCUT2D eigenvalue weighted by Crippen LogP contribution is 2.29. The van der Waals surface area contributed by atoms with Crippen molar-refractivity contribution in [2.24, 2.45) is 0 Å². The molecular weight excluding hydrogens is 420 g/mol. The summed E-state index contributed by atoms with van der Waals surface area (Å²) < 4.78 is 7.24. The molecule has 6 nitrogen and oxygen atoms in total. The van der Waals surface area contributed by atoms with Gasteiger partial charge in [0.1, 0.15) is 17.3 Å². The Bertz CT molecular complexity index is 1010. The molecule has 1 aliphatic rings. The van der Waals surface area contributed by atoms with E-state index < -0.39 is 0 Å². The number of fused-ring (bicyclic) bond motifs is 1. The second-order valence-corrected chi connectivity index (χ2v) is 9.20. The van der Waals surface area contributed by atoms with Crippen LogP contribution in [0, 0.1) is 0 Å².